The lowest BCUT2D eigenvalue weighted by atomic mass is 9.77. The Morgan fingerprint density at radius 1 is 0.458 bits per heavy atom. The molecular formula is C47H34O. The second-order valence-corrected chi connectivity index (χ2v) is 14.0. The highest BCUT2D eigenvalue weighted by Gasteiger charge is 2.40. The van der Waals surface area contributed by atoms with E-state index >= 15 is 0 Å². The van der Waals surface area contributed by atoms with Crippen LogP contribution in [-0.4, -0.2) is 0 Å². The molecule has 1 atom stereocenters. The van der Waals surface area contributed by atoms with E-state index < -0.39 is 0 Å². The highest BCUT2D eigenvalue weighted by Crippen LogP contribution is 2.57. The van der Waals surface area contributed by atoms with Gasteiger partial charge in [-0.15, -0.1) is 0 Å². The molecule has 1 aliphatic rings. The van der Waals surface area contributed by atoms with Crippen LogP contribution in [0.3, 0.4) is 0 Å². The summed E-state index contributed by atoms with van der Waals surface area (Å²) in [5.74, 6) is 0.166. The van der Waals surface area contributed by atoms with Crippen molar-refractivity contribution in [3.63, 3.8) is 0 Å². The third-order valence-corrected chi connectivity index (χ3v) is 11.0. The van der Waals surface area contributed by atoms with Crippen molar-refractivity contribution < 1.29 is 4.42 Å². The smallest absolute Gasteiger partial charge is 0.135 e. The van der Waals surface area contributed by atoms with Gasteiger partial charge in [0.2, 0.25) is 0 Å². The van der Waals surface area contributed by atoms with Gasteiger partial charge in [-0.25, -0.2) is 0 Å². The second kappa shape index (κ2) is 10.2. The summed E-state index contributed by atoms with van der Waals surface area (Å²) in [5, 5.41) is 10.4. The Labute approximate surface area is 280 Å². The van der Waals surface area contributed by atoms with Crippen LogP contribution >= 0.6 is 0 Å². The molecule has 1 aromatic heterocycles. The van der Waals surface area contributed by atoms with Crippen molar-refractivity contribution in [1.82, 2.24) is 0 Å². The minimum Gasteiger partial charge on any atom is -0.456 e. The van der Waals surface area contributed by atoms with E-state index in [0.29, 0.717) is 0 Å². The fourth-order valence-electron chi connectivity index (χ4n) is 8.86. The number of benzene rings is 8. The molecule has 9 aromatic rings. The predicted octanol–water partition coefficient (Wildman–Crippen LogP) is 12.7. The van der Waals surface area contributed by atoms with E-state index in [2.05, 4.69) is 159 Å². The van der Waals surface area contributed by atoms with Crippen LogP contribution < -0.4 is 0 Å². The number of hydrogen-bond acceptors (Lipinski definition) is 1. The first kappa shape index (κ1) is 27.5. The summed E-state index contributed by atoms with van der Waals surface area (Å²) >= 11 is 0. The maximum atomic E-state index is 6.39. The number of rotatable bonds is 4. The standard InChI is InChI=1S/C47H34O/c1-47(2)41-27-31(26-40(29-14-4-3-5-15-29)30-24-25-36-35-19-12-13-23-42(35)48-43(36)28-30)32-16-6-9-20-37(32)44(41)45-38-21-10-7-17-33(38)34-18-8-11-22-39(34)46(45)47/h3-25,27-28,40H,26H2,1-2H3. The van der Waals surface area contributed by atoms with Gasteiger partial charge >= 0.3 is 0 Å². The Morgan fingerprint density at radius 3 is 1.77 bits per heavy atom. The van der Waals surface area contributed by atoms with Crippen molar-refractivity contribution in [2.45, 2.75) is 31.6 Å². The molecule has 0 fully saturated rings. The Hall–Kier alpha value is -5.66. The minimum atomic E-state index is -0.164. The zero-order valence-electron chi connectivity index (χ0n) is 27.1. The van der Waals surface area contributed by atoms with E-state index in [9.17, 15) is 0 Å². The van der Waals surface area contributed by atoms with Crippen LogP contribution in [0.2, 0.25) is 0 Å². The molecule has 1 unspecified atom stereocenters. The fraction of sp³-hybridized carbons (Fsp3) is 0.106. The first-order valence-electron chi connectivity index (χ1n) is 17.0. The molecule has 0 saturated heterocycles. The molecule has 1 aliphatic carbocycles. The summed E-state index contributed by atoms with van der Waals surface area (Å²) in [6, 6.07) is 55.8. The Bertz CT molecular complexity index is 2730. The Balaban J connectivity index is 1.21. The summed E-state index contributed by atoms with van der Waals surface area (Å²) in [6.45, 7) is 4.86. The zero-order chi connectivity index (χ0) is 32.0. The lowest BCUT2D eigenvalue weighted by Crippen LogP contribution is -2.16. The van der Waals surface area contributed by atoms with Gasteiger partial charge in [-0.2, -0.15) is 0 Å². The molecule has 0 radical (unpaired) electrons. The van der Waals surface area contributed by atoms with Crippen molar-refractivity contribution >= 4 is 54.3 Å². The molecule has 0 spiro atoms. The monoisotopic (exact) mass is 614 g/mol. The molecule has 0 N–H and O–H groups in total. The molecule has 0 saturated carbocycles. The minimum absolute atomic E-state index is 0.164. The van der Waals surface area contributed by atoms with Gasteiger partial charge in [-0.05, 0) is 89.8 Å². The maximum absolute atomic E-state index is 6.39. The van der Waals surface area contributed by atoms with Crippen LogP contribution in [0.4, 0.5) is 0 Å². The molecule has 0 aliphatic heterocycles. The molecule has 48 heavy (non-hydrogen) atoms. The predicted molar refractivity (Wildman–Crippen MR) is 202 cm³/mol. The molecule has 1 nitrogen and oxygen atoms in total. The SMILES string of the molecule is CC1(C)c2cc(CC(c3ccccc3)c3ccc4c(c3)oc3ccccc34)c3ccccc3c2-c2c1c1ccccc1c1ccccc21. The summed E-state index contributed by atoms with van der Waals surface area (Å²) in [5.41, 5.74) is 11.4. The van der Waals surface area contributed by atoms with Gasteiger partial charge in [0.1, 0.15) is 11.2 Å². The molecule has 228 valence electrons. The van der Waals surface area contributed by atoms with Crippen LogP contribution in [0.1, 0.15) is 47.6 Å². The molecular weight excluding hydrogens is 581 g/mol. The highest BCUT2D eigenvalue weighted by atomic mass is 16.3. The van der Waals surface area contributed by atoms with E-state index in [-0.39, 0.29) is 11.3 Å². The molecule has 1 heteroatoms. The maximum Gasteiger partial charge on any atom is 0.135 e. The molecule has 0 bridgehead atoms. The molecule has 8 aromatic carbocycles. The largest absolute Gasteiger partial charge is 0.456 e. The molecule has 10 rings (SSSR count). The van der Waals surface area contributed by atoms with Crippen LogP contribution in [0, 0.1) is 0 Å². The van der Waals surface area contributed by atoms with Gasteiger partial charge in [-0.3, -0.25) is 0 Å². The second-order valence-electron chi connectivity index (χ2n) is 14.0. The highest BCUT2D eigenvalue weighted by molar-refractivity contribution is 6.21. The van der Waals surface area contributed by atoms with Crippen LogP contribution in [0.25, 0.3) is 65.4 Å². The van der Waals surface area contributed by atoms with E-state index in [1.165, 1.54) is 82.0 Å². The first-order chi connectivity index (χ1) is 23.6. The number of hydrogen-bond donors (Lipinski definition) is 0. The number of fused-ring (bicyclic) bond motifs is 13. The summed E-state index contributed by atoms with van der Waals surface area (Å²) in [6.07, 6.45) is 0.886. The van der Waals surface area contributed by atoms with Crippen molar-refractivity contribution in [1.29, 1.82) is 0 Å². The fourth-order valence-corrected chi connectivity index (χ4v) is 8.86. The van der Waals surface area contributed by atoms with Gasteiger partial charge in [0.15, 0.2) is 0 Å². The van der Waals surface area contributed by atoms with E-state index in [1.807, 2.05) is 6.07 Å². The number of furan rings is 1. The normalized spacial score (nSPS) is 14.2. The van der Waals surface area contributed by atoms with Gasteiger partial charge in [0.25, 0.3) is 0 Å². The molecule has 1 heterocycles. The van der Waals surface area contributed by atoms with Crippen LogP contribution in [0.5, 0.6) is 0 Å². The molecule has 0 amide bonds. The van der Waals surface area contributed by atoms with Gasteiger partial charge < -0.3 is 4.42 Å². The third kappa shape index (κ3) is 3.85. The zero-order valence-corrected chi connectivity index (χ0v) is 27.1. The average molecular weight is 615 g/mol. The number of para-hydroxylation sites is 1. The lowest BCUT2D eigenvalue weighted by molar-refractivity contribution is 0.664. The van der Waals surface area contributed by atoms with Crippen molar-refractivity contribution in [3.05, 3.63) is 179 Å². The van der Waals surface area contributed by atoms with Crippen molar-refractivity contribution in [2.75, 3.05) is 0 Å². The third-order valence-electron chi connectivity index (χ3n) is 11.0. The Morgan fingerprint density at radius 2 is 1.02 bits per heavy atom. The van der Waals surface area contributed by atoms with Crippen LogP contribution in [-0.2, 0) is 11.8 Å². The van der Waals surface area contributed by atoms with Crippen LogP contribution in [0.15, 0.2) is 156 Å². The topological polar surface area (TPSA) is 13.1 Å². The summed E-state index contributed by atoms with van der Waals surface area (Å²) in [4.78, 5) is 0. The average Bonchev–Trinajstić information content (AvgIpc) is 3.62. The van der Waals surface area contributed by atoms with Gasteiger partial charge in [0, 0.05) is 22.1 Å². The van der Waals surface area contributed by atoms with E-state index in [0.717, 1.165) is 17.6 Å². The van der Waals surface area contributed by atoms with Crippen molar-refractivity contribution in [2.24, 2.45) is 0 Å². The Kier molecular flexibility index (Phi) is 5.82. The van der Waals surface area contributed by atoms with Gasteiger partial charge in [-0.1, -0.05) is 153 Å². The summed E-state index contributed by atoms with van der Waals surface area (Å²) in [7, 11) is 0. The quantitative estimate of drug-likeness (QED) is 0.180. The van der Waals surface area contributed by atoms with Crippen molar-refractivity contribution in [3.8, 4) is 11.1 Å². The van der Waals surface area contributed by atoms with E-state index in [1.54, 1.807) is 0 Å². The first-order valence-corrected chi connectivity index (χ1v) is 17.0. The van der Waals surface area contributed by atoms with E-state index in [4.69, 9.17) is 4.42 Å². The lowest BCUT2D eigenvalue weighted by Gasteiger charge is -2.25. The van der Waals surface area contributed by atoms with Gasteiger partial charge in [0.05, 0.1) is 0 Å². The summed E-state index contributed by atoms with van der Waals surface area (Å²) < 4.78 is 6.39.